The molecule has 2 amide bonds. The van der Waals surface area contributed by atoms with Gasteiger partial charge in [-0.05, 0) is 31.2 Å². The van der Waals surface area contributed by atoms with Crippen molar-refractivity contribution in [3.05, 3.63) is 53.7 Å². The van der Waals surface area contributed by atoms with E-state index in [9.17, 15) is 4.79 Å². The van der Waals surface area contributed by atoms with Crippen LogP contribution in [0, 0.1) is 0 Å². The van der Waals surface area contributed by atoms with Gasteiger partial charge in [-0.25, -0.2) is 9.78 Å². The van der Waals surface area contributed by atoms with E-state index in [2.05, 4.69) is 20.9 Å². The van der Waals surface area contributed by atoms with E-state index < -0.39 is 0 Å². The van der Waals surface area contributed by atoms with Gasteiger partial charge in [0.1, 0.15) is 5.82 Å². The van der Waals surface area contributed by atoms with Crippen LogP contribution < -0.4 is 16.0 Å². The van der Waals surface area contributed by atoms with Crippen LogP contribution in [0.15, 0.2) is 48.7 Å². The van der Waals surface area contributed by atoms with Crippen molar-refractivity contribution in [2.24, 2.45) is 0 Å². The number of aromatic nitrogens is 1. The zero-order chi connectivity index (χ0) is 15.1. The highest BCUT2D eigenvalue weighted by Crippen LogP contribution is 2.09. The monoisotopic (exact) mass is 304 g/mol. The van der Waals surface area contributed by atoms with Crippen molar-refractivity contribution in [1.29, 1.82) is 0 Å². The third kappa shape index (κ3) is 5.31. The summed E-state index contributed by atoms with van der Waals surface area (Å²) in [6.07, 6.45) is 1.48. The van der Waals surface area contributed by atoms with Crippen LogP contribution >= 0.6 is 11.6 Å². The third-order valence-electron chi connectivity index (χ3n) is 2.73. The van der Waals surface area contributed by atoms with Gasteiger partial charge in [-0.2, -0.15) is 0 Å². The van der Waals surface area contributed by atoms with Crippen LogP contribution in [0.2, 0.25) is 5.02 Å². The Labute approximate surface area is 128 Å². The minimum Gasteiger partial charge on any atom is -0.383 e. The van der Waals surface area contributed by atoms with Crippen molar-refractivity contribution in [3.8, 4) is 0 Å². The number of para-hydroxylation sites is 1. The molecular formula is C15H17ClN4O. The average Bonchev–Trinajstić information content (AvgIpc) is 2.48. The van der Waals surface area contributed by atoms with Crippen LogP contribution in [0.4, 0.5) is 16.3 Å². The Hall–Kier alpha value is -2.27. The number of urea groups is 1. The fourth-order valence-corrected chi connectivity index (χ4v) is 1.82. The maximum atomic E-state index is 11.8. The summed E-state index contributed by atoms with van der Waals surface area (Å²) in [4.78, 5) is 15.8. The summed E-state index contributed by atoms with van der Waals surface area (Å²) in [5.74, 6) is 0.458. The molecule has 3 N–H and O–H groups in total. The van der Waals surface area contributed by atoms with E-state index in [1.54, 1.807) is 12.1 Å². The van der Waals surface area contributed by atoms with Gasteiger partial charge < -0.3 is 10.6 Å². The molecule has 0 bridgehead atoms. The van der Waals surface area contributed by atoms with E-state index in [0.717, 1.165) is 5.69 Å². The maximum Gasteiger partial charge on any atom is 0.320 e. The normalized spacial score (nSPS) is 11.5. The molecule has 2 rings (SSSR count). The lowest BCUT2D eigenvalue weighted by molar-refractivity contribution is 0.249. The first-order valence-electron chi connectivity index (χ1n) is 6.61. The first kappa shape index (κ1) is 15.1. The third-order valence-corrected chi connectivity index (χ3v) is 2.96. The Balaban J connectivity index is 1.75. The van der Waals surface area contributed by atoms with Crippen molar-refractivity contribution in [1.82, 2.24) is 10.3 Å². The van der Waals surface area contributed by atoms with E-state index in [0.29, 0.717) is 17.4 Å². The highest BCUT2D eigenvalue weighted by Gasteiger charge is 2.07. The van der Waals surface area contributed by atoms with Crippen molar-refractivity contribution in [3.63, 3.8) is 0 Å². The molecule has 2 aromatic rings. The fraction of sp³-hybridized carbons (Fsp3) is 0.200. The maximum absolute atomic E-state index is 11.8. The van der Waals surface area contributed by atoms with Crippen molar-refractivity contribution in [2.75, 3.05) is 17.2 Å². The molecule has 0 saturated heterocycles. The number of pyridine rings is 1. The number of nitrogens with zero attached hydrogens (tertiary/aromatic N) is 1. The second-order valence-corrected chi connectivity index (χ2v) is 5.04. The second kappa shape index (κ2) is 7.50. The van der Waals surface area contributed by atoms with Crippen molar-refractivity contribution in [2.45, 2.75) is 13.0 Å². The molecule has 0 radical (unpaired) electrons. The molecule has 5 nitrogen and oxygen atoms in total. The summed E-state index contributed by atoms with van der Waals surface area (Å²) in [6.45, 7) is 2.55. The van der Waals surface area contributed by atoms with Gasteiger partial charge in [-0.15, -0.1) is 0 Å². The van der Waals surface area contributed by atoms with Crippen LogP contribution in [0.25, 0.3) is 0 Å². The molecule has 0 saturated carbocycles. The van der Waals surface area contributed by atoms with Crippen LogP contribution in [0.1, 0.15) is 6.92 Å². The van der Waals surface area contributed by atoms with E-state index in [4.69, 9.17) is 11.6 Å². The quantitative estimate of drug-likeness (QED) is 0.793. The standard InChI is InChI=1S/C15H17ClN4O/c1-11(9-17-13-5-3-2-4-6-13)19-15(21)20-14-8-7-12(16)10-18-14/h2-8,10-11,17H,9H2,1H3,(H2,18,19,20,21). The first-order chi connectivity index (χ1) is 10.1. The lowest BCUT2D eigenvalue weighted by atomic mass is 10.3. The first-order valence-corrected chi connectivity index (χ1v) is 6.99. The van der Waals surface area contributed by atoms with Gasteiger partial charge in [0.05, 0.1) is 5.02 Å². The highest BCUT2D eigenvalue weighted by atomic mass is 35.5. The second-order valence-electron chi connectivity index (χ2n) is 4.61. The Bertz CT molecular complexity index is 574. The molecule has 21 heavy (non-hydrogen) atoms. The molecule has 1 atom stereocenters. The summed E-state index contributed by atoms with van der Waals surface area (Å²) in [5, 5.41) is 9.25. The van der Waals surface area contributed by atoms with Crippen LogP contribution in [-0.2, 0) is 0 Å². The van der Waals surface area contributed by atoms with Gasteiger partial charge >= 0.3 is 6.03 Å². The molecule has 0 aliphatic carbocycles. The summed E-state index contributed by atoms with van der Waals surface area (Å²) < 4.78 is 0. The molecule has 6 heteroatoms. The largest absolute Gasteiger partial charge is 0.383 e. The molecule has 1 aromatic carbocycles. The lowest BCUT2D eigenvalue weighted by Gasteiger charge is -2.16. The average molecular weight is 305 g/mol. The Morgan fingerprint density at radius 1 is 1.24 bits per heavy atom. The number of anilines is 2. The Kier molecular flexibility index (Phi) is 5.40. The number of halogens is 1. The summed E-state index contributed by atoms with van der Waals surface area (Å²) >= 11 is 5.73. The zero-order valence-electron chi connectivity index (χ0n) is 11.6. The molecule has 1 heterocycles. The number of amides is 2. The number of benzene rings is 1. The Morgan fingerprint density at radius 3 is 2.67 bits per heavy atom. The zero-order valence-corrected chi connectivity index (χ0v) is 12.4. The lowest BCUT2D eigenvalue weighted by Crippen LogP contribution is -2.40. The topological polar surface area (TPSA) is 66.0 Å². The van der Waals surface area contributed by atoms with Gasteiger partial charge in [-0.1, -0.05) is 29.8 Å². The van der Waals surface area contributed by atoms with Crippen molar-refractivity contribution < 1.29 is 4.79 Å². The number of carbonyl (C=O) groups is 1. The number of hydrogen-bond acceptors (Lipinski definition) is 3. The van der Waals surface area contributed by atoms with Crippen molar-refractivity contribution >= 4 is 29.1 Å². The predicted octanol–water partition coefficient (Wildman–Crippen LogP) is 3.36. The number of nitrogens with one attached hydrogen (secondary N) is 3. The summed E-state index contributed by atoms with van der Waals surface area (Å²) in [7, 11) is 0. The van der Waals surface area contributed by atoms with E-state index >= 15 is 0 Å². The fourth-order valence-electron chi connectivity index (χ4n) is 1.70. The van der Waals surface area contributed by atoms with Gasteiger partial charge in [0.25, 0.3) is 0 Å². The van der Waals surface area contributed by atoms with Crippen LogP contribution in [0.5, 0.6) is 0 Å². The predicted molar refractivity (Wildman–Crippen MR) is 85.8 cm³/mol. The van der Waals surface area contributed by atoms with Gasteiger partial charge in [0.15, 0.2) is 0 Å². The van der Waals surface area contributed by atoms with Gasteiger partial charge in [0, 0.05) is 24.5 Å². The molecule has 0 spiro atoms. The van der Waals surface area contributed by atoms with Gasteiger partial charge in [0.2, 0.25) is 0 Å². The SMILES string of the molecule is CC(CNc1ccccc1)NC(=O)Nc1ccc(Cl)cn1. The molecule has 0 aliphatic heterocycles. The van der Waals surface area contributed by atoms with E-state index in [1.807, 2.05) is 37.3 Å². The number of carbonyl (C=O) groups excluding carboxylic acids is 1. The summed E-state index contributed by atoms with van der Waals surface area (Å²) in [5.41, 5.74) is 1.02. The molecule has 110 valence electrons. The van der Waals surface area contributed by atoms with Gasteiger partial charge in [-0.3, -0.25) is 5.32 Å². The summed E-state index contributed by atoms with van der Waals surface area (Å²) in [6, 6.07) is 12.8. The van der Waals surface area contributed by atoms with E-state index in [1.165, 1.54) is 6.20 Å². The minimum absolute atomic E-state index is 0.0301. The number of hydrogen-bond donors (Lipinski definition) is 3. The molecule has 0 aliphatic rings. The molecule has 1 unspecified atom stereocenters. The number of rotatable bonds is 5. The molecular weight excluding hydrogens is 288 g/mol. The molecule has 0 fully saturated rings. The van der Waals surface area contributed by atoms with Crippen LogP contribution in [-0.4, -0.2) is 23.6 Å². The smallest absolute Gasteiger partial charge is 0.320 e. The highest BCUT2D eigenvalue weighted by molar-refractivity contribution is 6.30. The Morgan fingerprint density at radius 2 is 2.00 bits per heavy atom. The molecule has 1 aromatic heterocycles. The van der Waals surface area contributed by atoms with E-state index in [-0.39, 0.29) is 12.1 Å². The minimum atomic E-state index is -0.299. The van der Waals surface area contributed by atoms with Crippen LogP contribution in [0.3, 0.4) is 0 Å².